The molecule has 5 atom stereocenters. The Labute approximate surface area is 159 Å². The third kappa shape index (κ3) is 1.87. The summed E-state index contributed by atoms with van der Waals surface area (Å²) < 4.78 is 30.2. The van der Waals surface area contributed by atoms with Crippen molar-refractivity contribution in [2.75, 3.05) is 29.5 Å². The number of halogens is 1. The molecule has 9 heteroatoms. The number of benzene rings is 1. The highest BCUT2D eigenvalue weighted by Crippen LogP contribution is 2.55. The van der Waals surface area contributed by atoms with Crippen LogP contribution < -0.4 is 14.5 Å². The van der Waals surface area contributed by atoms with E-state index in [0.717, 1.165) is 18.8 Å². The van der Waals surface area contributed by atoms with Gasteiger partial charge in [0.1, 0.15) is 23.7 Å². The van der Waals surface area contributed by atoms with E-state index >= 15 is 0 Å². The summed E-state index contributed by atoms with van der Waals surface area (Å²) in [5, 5.41) is 13.1. The summed E-state index contributed by atoms with van der Waals surface area (Å²) in [4.78, 5) is 16.4. The Bertz CT molecular complexity index is 984. The van der Waals surface area contributed by atoms with Gasteiger partial charge < -0.3 is 24.0 Å². The van der Waals surface area contributed by atoms with Crippen molar-refractivity contribution in [1.82, 2.24) is 5.16 Å². The highest BCUT2D eigenvalue weighted by molar-refractivity contribution is 5.96. The topological polar surface area (TPSA) is 88.3 Å². The van der Waals surface area contributed by atoms with Crippen LogP contribution in [0.1, 0.15) is 12.5 Å². The van der Waals surface area contributed by atoms with Crippen molar-refractivity contribution in [3.8, 4) is 5.88 Å². The standard InChI is InChI=1S/C19H18FN3O5/c1-9-19(14-8-26-21-17(14)27-19)28-18(25)23(9)16-4-10(20)2-3-15(16)22-5-11-12(6-22)13(11)7-24/h2-4,8-9,11-13,24H,5-7H2,1H3/t9-,11+,12?,13-,19+/m1/s1. The second-order valence-electron chi connectivity index (χ2n) is 7.93. The molecule has 0 bridgehead atoms. The molecular weight excluding hydrogens is 369 g/mol. The van der Waals surface area contributed by atoms with Crippen LogP contribution in [0.15, 0.2) is 29.0 Å². The fourth-order valence-corrected chi connectivity index (χ4v) is 5.04. The average Bonchev–Trinajstić information content (AvgIpc) is 2.98. The molecule has 8 nitrogen and oxygen atoms in total. The minimum Gasteiger partial charge on any atom is -0.425 e. The van der Waals surface area contributed by atoms with Gasteiger partial charge in [-0.15, -0.1) is 0 Å². The van der Waals surface area contributed by atoms with E-state index < -0.39 is 23.7 Å². The zero-order valence-electron chi connectivity index (χ0n) is 15.0. The third-order valence-corrected chi connectivity index (χ3v) is 6.65. The van der Waals surface area contributed by atoms with E-state index in [4.69, 9.17) is 14.0 Å². The normalized spacial score (nSPS) is 34.8. The molecule has 6 rings (SSSR count). The number of hydrogen-bond acceptors (Lipinski definition) is 7. The first-order chi connectivity index (χ1) is 13.5. The SMILES string of the molecule is C[C@H]1N(c2cc(F)ccc2N2CC3[C@H](CO)[C@H]3C2)C(=O)O[C@@]12Oc1nocc12. The molecule has 1 aromatic carbocycles. The van der Waals surface area contributed by atoms with Gasteiger partial charge in [-0.3, -0.25) is 4.90 Å². The Morgan fingerprint density at radius 3 is 2.79 bits per heavy atom. The van der Waals surface area contributed by atoms with Crippen molar-refractivity contribution in [2.24, 2.45) is 17.8 Å². The number of nitrogens with zero attached hydrogens (tertiary/aromatic N) is 3. The summed E-state index contributed by atoms with van der Waals surface area (Å²) in [6, 6.07) is 3.91. The van der Waals surface area contributed by atoms with Gasteiger partial charge in [0.2, 0.25) is 0 Å². The monoisotopic (exact) mass is 387 g/mol. The lowest BCUT2D eigenvalue weighted by Crippen LogP contribution is -2.51. The maximum absolute atomic E-state index is 14.1. The summed E-state index contributed by atoms with van der Waals surface area (Å²) >= 11 is 0. The van der Waals surface area contributed by atoms with E-state index in [2.05, 4.69) is 10.1 Å². The van der Waals surface area contributed by atoms with Gasteiger partial charge in [-0.2, -0.15) is 0 Å². The van der Waals surface area contributed by atoms with Crippen LogP contribution in [-0.4, -0.2) is 42.1 Å². The summed E-state index contributed by atoms with van der Waals surface area (Å²) in [7, 11) is 0. The number of anilines is 2. The van der Waals surface area contributed by atoms with Crippen molar-refractivity contribution in [2.45, 2.75) is 18.8 Å². The predicted octanol–water partition coefficient (Wildman–Crippen LogP) is 2.08. The Morgan fingerprint density at radius 1 is 1.29 bits per heavy atom. The van der Waals surface area contributed by atoms with Crippen LogP contribution in [0.3, 0.4) is 0 Å². The highest BCUT2D eigenvalue weighted by Gasteiger charge is 2.65. The van der Waals surface area contributed by atoms with E-state index in [9.17, 15) is 14.3 Å². The van der Waals surface area contributed by atoms with Crippen molar-refractivity contribution in [1.29, 1.82) is 0 Å². The number of amides is 1. The minimum absolute atomic E-state index is 0.204. The van der Waals surface area contributed by atoms with E-state index in [1.807, 2.05) is 0 Å². The first-order valence-corrected chi connectivity index (χ1v) is 9.35. The number of hydrogen-bond donors (Lipinski definition) is 1. The average molecular weight is 387 g/mol. The van der Waals surface area contributed by atoms with Gasteiger partial charge in [-0.25, -0.2) is 9.18 Å². The number of ether oxygens (including phenoxy) is 2. The number of fused-ring (bicyclic) bond motifs is 3. The molecule has 1 aromatic heterocycles. The molecule has 1 N–H and O–H groups in total. The van der Waals surface area contributed by atoms with Crippen molar-refractivity contribution in [3.05, 3.63) is 35.8 Å². The maximum atomic E-state index is 14.1. The predicted molar refractivity (Wildman–Crippen MR) is 93.4 cm³/mol. The van der Waals surface area contributed by atoms with Crippen LogP contribution in [0.5, 0.6) is 5.88 Å². The molecule has 28 heavy (non-hydrogen) atoms. The van der Waals surface area contributed by atoms with E-state index in [1.54, 1.807) is 13.0 Å². The highest BCUT2D eigenvalue weighted by atomic mass is 19.1. The third-order valence-electron chi connectivity index (χ3n) is 6.65. The largest absolute Gasteiger partial charge is 0.425 e. The van der Waals surface area contributed by atoms with Crippen LogP contribution in [0.4, 0.5) is 20.6 Å². The second kappa shape index (κ2) is 5.16. The van der Waals surface area contributed by atoms with E-state index in [0.29, 0.717) is 34.9 Å². The zero-order chi connectivity index (χ0) is 19.2. The molecule has 2 aromatic rings. The molecule has 4 heterocycles. The van der Waals surface area contributed by atoms with Crippen LogP contribution in [0.2, 0.25) is 0 Å². The lowest BCUT2D eigenvalue weighted by Gasteiger charge is -2.37. The summed E-state index contributed by atoms with van der Waals surface area (Å²) in [5.41, 5.74) is 1.79. The number of piperidine rings is 1. The fraction of sp³-hybridized carbons (Fsp3) is 0.474. The second-order valence-corrected chi connectivity index (χ2v) is 7.93. The molecule has 1 unspecified atom stereocenters. The first-order valence-electron chi connectivity index (χ1n) is 9.35. The van der Waals surface area contributed by atoms with Gasteiger partial charge in [0.25, 0.3) is 5.88 Å². The number of aliphatic hydroxyl groups excluding tert-OH is 1. The summed E-state index contributed by atoms with van der Waals surface area (Å²) in [5.74, 6) is -0.161. The molecule has 1 amide bonds. The molecule has 1 aliphatic carbocycles. The van der Waals surface area contributed by atoms with Gasteiger partial charge in [-0.05, 0) is 48.0 Å². The van der Waals surface area contributed by atoms with Crippen LogP contribution in [-0.2, 0) is 10.5 Å². The van der Waals surface area contributed by atoms with Gasteiger partial charge in [-0.1, -0.05) is 0 Å². The molecule has 3 fully saturated rings. The summed E-state index contributed by atoms with van der Waals surface area (Å²) in [6.45, 7) is 3.56. The van der Waals surface area contributed by atoms with Gasteiger partial charge in [0.05, 0.1) is 11.4 Å². The fourth-order valence-electron chi connectivity index (χ4n) is 5.04. The Hall–Kier alpha value is -2.81. The Morgan fingerprint density at radius 2 is 2.07 bits per heavy atom. The quantitative estimate of drug-likeness (QED) is 0.863. The lowest BCUT2D eigenvalue weighted by atomic mass is 9.97. The number of aromatic nitrogens is 1. The maximum Gasteiger partial charge on any atom is 0.418 e. The van der Waals surface area contributed by atoms with Gasteiger partial charge in [0.15, 0.2) is 0 Å². The number of rotatable bonds is 3. The molecule has 1 saturated carbocycles. The van der Waals surface area contributed by atoms with Crippen molar-refractivity contribution >= 4 is 17.5 Å². The van der Waals surface area contributed by atoms with Crippen molar-refractivity contribution in [3.63, 3.8) is 0 Å². The van der Waals surface area contributed by atoms with E-state index in [-0.39, 0.29) is 6.61 Å². The van der Waals surface area contributed by atoms with Crippen LogP contribution >= 0.6 is 0 Å². The van der Waals surface area contributed by atoms with Gasteiger partial charge in [0, 0.05) is 19.7 Å². The molecular formula is C19H18FN3O5. The molecule has 2 saturated heterocycles. The molecule has 146 valence electrons. The van der Waals surface area contributed by atoms with Crippen molar-refractivity contribution < 1.29 is 28.3 Å². The van der Waals surface area contributed by atoms with E-state index in [1.165, 1.54) is 23.3 Å². The summed E-state index contributed by atoms with van der Waals surface area (Å²) in [6.07, 6.45) is 0.797. The number of aliphatic hydroxyl groups is 1. The Kier molecular flexibility index (Phi) is 2.98. The zero-order valence-corrected chi connectivity index (χ0v) is 15.0. The van der Waals surface area contributed by atoms with Crippen LogP contribution in [0, 0.1) is 23.6 Å². The van der Waals surface area contributed by atoms with Gasteiger partial charge >= 0.3 is 11.9 Å². The minimum atomic E-state index is -1.29. The Balaban J connectivity index is 1.36. The molecule has 1 spiro atoms. The molecule has 3 aliphatic heterocycles. The lowest BCUT2D eigenvalue weighted by molar-refractivity contribution is -0.170. The molecule has 4 aliphatic rings. The number of carbonyl (C=O) groups is 1. The van der Waals surface area contributed by atoms with Crippen LogP contribution in [0.25, 0.3) is 0 Å². The molecule has 0 radical (unpaired) electrons. The smallest absolute Gasteiger partial charge is 0.418 e. The number of carbonyl (C=O) groups excluding carboxylic acids is 1. The first kappa shape index (κ1) is 16.2.